The molecule has 0 bridgehead atoms. The maximum atomic E-state index is 13.0. The molecular weight excluding hydrogens is 361 g/mol. The van der Waals surface area contributed by atoms with Gasteiger partial charge in [0.1, 0.15) is 17.5 Å². The van der Waals surface area contributed by atoms with E-state index in [1.165, 1.54) is 18.3 Å². The summed E-state index contributed by atoms with van der Waals surface area (Å²) in [4.78, 5) is 20.6. The van der Waals surface area contributed by atoms with Gasteiger partial charge in [-0.3, -0.25) is 19.3 Å². The molecule has 0 saturated heterocycles. The molecule has 4 aromatic heterocycles. The molecule has 0 atom stereocenters. The number of fused-ring (bicyclic) bond motifs is 2. The molecule has 0 aliphatic rings. The Morgan fingerprint density at radius 2 is 1.93 bits per heavy atom. The first-order valence-corrected chi connectivity index (χ1v) is 8.50. The van der Waals surface area contributed by atoms with E-state index in [0.29, 0.717) is 22.5 Å². The molecule has 0 fully saturated rings. The zero-order valence-electron chi connectivity index (χ0n) is 14.7. The monoisotopic (exact) mass is 375 g/mol. The van der Waals surface area contributed by atoms with Gasteiger partial charge in [-0.05, 0) is 30.3 Å². The number of benzene rings is 1. The average Bonchev–Trinajstić information content (AvgIpc) is 3.22. The van der Waals surface area contributed by atoms with E-state index in [1.807, 2.05) is 31.4 Å². The van der Waals surface area contributed by atoms with Crippen molar-refractivity contribution in [2.75, 3.05) is 5.32 Å². The van der Waals surface area contributed by atoms with Gasteiger partial charge in [-0.1, -0.05) is 0 Å². The van der Waals surface area contributed by atoms with Crippen LogP contribution in [0, 0.1) is 5.82 Å². The number of nitrogens with zero attached hydrogens (tertiary/aromatic N) is 5. The minimum absolute atomic E-state index is 0.241. The number of H-pyrrole nitrogens is 1. The van der Waals surface area contributed by atoms with Crippen molar-refractivity contribution in [1.82, 2.24) is 29.5 Å². The zero-order chi connectivity index (χ0) is 19.3. The van der Waals surface area contributed by atoms with Gasteiger partial charge in [-0.2, -0.15) is 5.10 Å². The number of aryl methyl sites for hydroxylation is 1. The summed E-state index contributed by atoms with van der Waals surface area (Å²) in [6.07, 6.45) is 4.54. The molecule has 9 heteroatoms. The van der Waals surface area contributed by atoms with Crippen LogP contribution in [0.15, 0.2) is 59.8 Å². The van der Waals surface area contributed by atoms with Crippen LogP contribution in [0.1, 0.15) is 0 Å². The van der Waals surface area contributed by atoms with Crippen LogP contribution >= 0.6 is 0 Å². The fourth-order valence-corrected chi connectivity index (χ4v) is 3.15. The van der Waals surface area contributed by atoms with Crippen molar-refractivity contribution in [3.05, 3.63) is 71.2 Å². The highest BCUT2D eigenvalue weighted by Crippen LogP contribution is 2.22. The van der Waals surface area contributed by atoms with E-state index in [1.54, 1.807) is 15.4 Å². The Kier molecular flexibility index (Phi) is 3.48. The summed E-state index contributed by atoms with van der Waals surface area (Å²) in [5, 5.41) is 11.7. The smallest absolute Gasteiger partial charge is 0.273 e. The van der Waals surface area contributed by atoms with Crippen LogP contribution in [0.4, 0.5) is 16.0 Å². The maximum absolute atomic E-state index is 13.0. The molecule has 138 valence electrons. The number of hydrogen-bond acceptors (Lipinski definition) is 5. The second-order valence-electron chi connectivity index (χ2n) is 6.40. The van der Waals surface area contributed by atoms with Crippen molar-refractivity contribution < 1.29 is 4.39 Å². The van der Waals surface area contributed by atoms with Crippen molar-refractivity contribution in [3.8, 4) is 5.69 Å². The van der Waals surface area contributed by atoms with Crippen LogP contribution in [-0.2, 0) is 7.05 Å². The fraction of sp³-hybridized carbons (Fsp3) is 0.0526. The number of anilines is 2. The summed E-state index contributed by atoms with van der Waals surface area (Å²) in [7, 11) is 1.86. The van der Waals surface area contributed by atoms with Gasteiger partial charge < -0.3 is 5.32 Å². The normalized spacial score (nSPS) is 11.4. The van der Waals surface area contributed by atoms with Gasteiger partial charge in [-0.15, -0.1) is 0 Å². The number of nitrogens with one attached hydrogen (secondary N) is 2. The number of halogens is 1. The highest BCUT2D eigenvalue weighted by molar-refractivity contribution is 5.84. The van der Waals surface area contributed by atoms with Crippen LogP contribution in [0.25, 0.3) is 27.5 Å². The van der Waals surface area contributed by atoms with E-state index in [2.05, 4.69) is 25.5 Å². The third kappa shape index (κ3) is 2.69. The molecule has 0 unspecified atom stereocenters. The van der Waals surface area contributed by atoms with Crippen molar-refractivity contribution in [2.24, 2.45) is 7.05 Å². The third-order valence-electron chi connectivity index (χ3n) is 4.43. The number of pyridine rings is 2. The molecule has 0 saturated carbocycles. The molecular formula is C19H14FN7O. The standard InChI is InChI=1S/C19H14FN7O/c1-26-10-11-2-4-13(6-15(11)24-26)27-16-7-18(22-9-14(16)19(28)25-27)23-17-5-3-12(20)8-21-17/h2-10H,1H3,(H,25,28)(H,21,22,23). The lowest BCUT2D eigenvalue weighted by molar-refractivity contribution is 0.622. The van der Waals surface area contributed by atoms with E-state index in [0.717, 1.165) is 22.8 Å². The number of aromatic amines is 1. The highest BCUT2D eigenvalue weighted by Gasteiger charge is 2.11. The third-order valence-corrected chi connectivity index (χ3v) is 4.43. The molecule has 5 rings (SSSR count). The molecule has 0 spiro atoms. The average molecular weight is 375 g/mol. The summed E-state index contributed by atoms with van der Waals surface area (Å²) in [5.74, 6) is 0.518. The summed E-state index contributed by atoms with van der Waals surface area (Å²) in [5.41, 5.74) is 2.01. The Morgan fingerprint density at radius 1 is 1.07 bits per heavy atom. The van der Waals surface area contributed by atoms with Crippen LogP contribution in [-0.4, -0.2) is 29.5 Å². The molecule has 4 heterocycles. The lowest BCUT2D eigenvalue weighted by Gasteiger charge is -2.07. The van der Waals surface area contributed by atoms with Gasteiger partial charge in [0, 0.05) is 30.9 Å². The molecule has 5 aromatic rings. The molecule has 28 heavy (non-hydrogen) atoms. The summed E-state index contributed by atoms with van der Waals surface area (Å²) in [6.45, 7) is 0. The maximum Gasteiger partial charge on any atom is 0.273 e. The minimum atomic E-state index is -0.418. The first kappa shape index (κ1) is 16.2. The van der Waals surface area contributed by atoms with Crippen LogP contribution in [0.3, 0.4) is 0 Å². The first-order valence-electron chi connectivity index (χ1n) is 8.50. The summed E-state index contributed by atoms with van der Waals surface area (Å²) in [6, 6.07) is 10.3. The molecule has 0 amide bonds. The first-order chi connectivity index (χ1) is 13.6. The Labute approximate surface area is 157 Å². The Balaban J connectivity index is 1.61. The van der Waals surface area contributed by atoms with Crippen LogP contribution in [0.5, 0.6) is 0 Å². The van der Waals surface area contributed by atoms with E-state index in [4.69, 9.17) is 0 Å². The van der Waals surface area contributed by atoms with E-state index >= 15 is 0 Å². The van der Waals surface area contributed by atoms with Crippen LogP contribution in [0.2, 0.25) is 0 Å². The van der Waals surface area contributed by atoms with Crippen molar-refractivity contribution in [3.63, 3.8) is 0 Å². The molecule has 2 N–H and O–H groups in total. The van der Waals surface area contributed by atoms with Gasteiger partial charge in [0.2, 0.25) is 0 Å². The molecule has 0 radical (unpaired) electrons. The molecule has 0 aliphatic carbocycles. The van der Waals surface area contributed by atoms with Gasteiger partial charge in [0.15, 0.2) is 0 Å². The van der Waals surface area contributed by atoms with Crippen molar-refractivity contribution >= 4 is 33.4 Å². The van der Waals surface area contributed by atoms with E-state index < -0.39 is 5.82 Å². The Bertz CT molecular complexity index is 1380. The van der Waals surface area contributed by atoms with Gasteiger partial charge in [0.05, 0.1) is 28.3 Å². The zero-order valence-corrected chi connectivity index (χ0v) is 14.7. The lowest BCUT2D eigenvalue weighted by Crippen LogP contribution is -2.03. The molecule has 0 aliphatic heterocycles. The minimum Gasteiger partial charge on any atom is -0.325 e. The molecule has 8 nitrogen and oxygen atoms in total. The number of hydrogen-bond donors (Lipinski definition) is 2. The number of rotatable bonds is 3. The highest BCUT2D eigenvalue weighted by atomic mass is 19.1. The second-order valence-corrected chi connectivity index (χ2v) is 6.40. The van der Waals surface area contributed by atoms with Crippen LogP contribution < -0.4 is 10.9 Å². The SMILES string of the molecule is Cn1cc2ccc(-n3[nH]c(=O)c4cnc(Nc5ccc(F)cn5)cc43)cc2n1. The van der Waals surface area contributed by atoms with Gasteiger partial charge in [0.25, 0.3) is 5.56 Å². The predicted octanol–water partition coefficient (Wildman–Crippen LogP) is 2.88. The Morgan fingerprint density at radius 3 is 2.75 bits per heavy atom. The van der Waals surface area contributed by atoms with Crippen molar-refractivity contribution in [2.45, 2.75) is 0 Å². The van der Waals surface area contributed by atoms with Gasteiger partial charge >= 0.3 is 0 Å². The van der Waals surface area contributed by atoms with Gasteiger partial charge in [-0.25, -0.2) is 14.4 Å². The summed E-state index contributed by atoms with van der Waals surface area (Å²) < 4.78 is 16.5. The van der Waals surface area contributed by atoms with E-state index in [9.17, 15) is 9.18 Å². The predicted molar refractivity (Wildman–Crippen MR) is 103 cm³/mol. The largest absolute Gasteiger partial charge is 0.325 e. The van der Waals surface area contributed by atoms with Crippen molar-refractivity contribution in [1.29, 1.82) is 0 Å². The molecule has 1 aromatic carbocycles. The van der Waals surface area contributed by atoms with E-state index in [-0.39, 0.29) is 5.56 Å². The fourth-order valence-electron chi connectivity index (χ4n) is 3.15. The summed E-state index contributed by atoms with van der Waals surface area (Å²) >= 11 is 0. The Hall–Kier alpha value is -4.01. The topological polar surface area (TPSA) is 93.4 Å². The second kappa shape index (κ2) is 6.02. The lowest BCUT2D eigenvalue weighted by atomic mass is 10.2. The number of aromatic nitrogens is 6. The quantitative estimate of drug-likeness (QED) is 0.506.